The zero-order valence-electron chi connectivity index (χ0n) is 10.3. The molecule has 0 bridgehead atoms. The Bertz CT molecular complexity index is 735. The molecule has 0 aliphatic carbocycles. The number of hydrogen-bond donors (Lipinski definition) is 2. The van der Waals surface area contributed by atoms with E-state index in [2.05, 4.69) is 27.3 Å². The van der Waals surface area contributed by atoms with Crippen molar-refractivity contribution in [3.05, 3.63) is 56.6 Å². The molecule has 20 heavy (non-hydrogen) atoms. The van der Waals surface area contributed by atoms with E-state index in [9.17, 15) is 8.42 Å². The Hall–Kier alpha value is -0.830. The van der Waals surface area contributed by atoms with Crippen LogP contribution in [0.25, 0.3) is 0 Å². The fraction of sp³-hybridized carbons (Fsp3) is 0.0769. The van der Waals surface area contributed by atoms with Crippen LogP contribution in [0.2, 0.25) is 5.02 Å². The molecule has 0 atom stereocenters. The molecular weight excluding hydrogens is 411 g/mol. The number of benzene rings is 2. The number of halogens is 2. The quantitative estimate of drug-likeness (QED) is 0.743. The Morgan fingerprint density at radius 1 is 1.20 bits per heavy atom. The molecule has 0 unspecified atom stereocenters. The second kappa shape index (κ2) is 6.30. The molecule has 0 amide bonds. The first kappa shape index (κ1) is 15.6. The van der Waals surface area contributed by atoms with Crippen LogP contribution in [-0.2, 0) is 16.6 Å². The lowest BCUT2D eigenvalue weighted by Crippen LogP contribution is -2.14. The molecule has 3 N–H and O–H groups in total. The van der Waals surface area contributed by atoms with Gasteiger partial charge in [0.25, 0.3) is 10.0 Å². The standard InChI is InChI=1S/C13H12ClIN2O2S/c14-12-7-10(15)4-5-13(12)17-20(18,19)11-3-1-2-9(6-11)8-16/h1-7,17H,8,16H2. The third-order valence-electron chi connectivity index (χ3n) is 2.62. The van der Waals surface area contributed by atoms with E-state index in [1.54, 1.807) is 36.4 Å². The third kappa shape index (κ3) is 3.63. The van der Waals surface area contributed by atoms with Gasteiger partial charge < -0.3 is 5.73 Å². The summed E-state index contributed by atoms with van der Waals surface area (Å²) in [5.74, 6) is 0. The zero-order valence-corrected chi connectivity index (χ0v) is 14.0. The number of nitrogens with two attached hydrogens (primary N) is 1. The lowest BCUT2D eigenvalue weighted by atomic mass is 10.2. The summed E-state index contributed by atoms with van der Waals surface area (Å²) in [7, 11) is -3.67. The van der Waals surface area contributed by atoms with Crippen LogP contribution in [0.15, 0.2) is 47.4 Å². The van der Waals surface area contributed by atoms with Crippen LogP contribution in [0.4, 0.5) is 5.69 Å². The molecule has 2 rings (SSSR count). The topological polar surface area (TPSA) is 72.2 Å². The summed E-state index contributed by atoms with van der Waals surface area (Å²) in [6, 6.07) is 11.6. The molecular formula is C13H12ClIN2O2S. The van der Waals surface area contributed by atoms with Gasteiger partial charge in [0.05, 0.1) is 15.6 Å². The van der Waals surface area contributed by atoms with Crippen molar-refractivity contribution in [1.29, 1.82) is 0 Å². The van der Waals surface area contributed by atoms with Gasteiger partial charge in [-0.05, 0) is 58.5 Å². The SMILES string of the molecule is NCc1cccc(S(=O)(=O)Nc2ccc(I)cc2Cl)c1. The van der Waals surface area contributed by atoms with Gasteiger partial charge in [-0.1, -0.05) is 23.7 Å². The van der Waals surface area contributed by atoms with Gasteiger partial charge in [0, 0.05) is 10.1 Å². The van der Waals surface area contributed by atoms with Crippen molar-refractivity contribution in [2.45, 2.75) is 11.4 Å². The summed E-state index contributed by atoms with van der Waals surface area (Å²) >= 11 is 8.13. The van der Waals surface area contributed by atoms with Gasteiger partial charge in [-0.2, -0.15) is 0 Å². The second-order valence-corrected chi connectivity index (χ2v) is 7.42. The molecule has 0 aliphatic heterocycles. The van der Waals surface area contributed by atoms with Gasteiger partial charge in [0.1, 0.15) is 0 Å². The summed E-state index contributed by atoms with van der Waals surface area (Å²) < 4.78 is 28.0. The zero-order chi connectivity index (χ0) is 14.8. The van der Waals surface area contributed by atoms with Crippen LogP contribution in [-0.4, -0.2) is 8.42 Å². The highest BCUT2D eigenvalue weighted by Crippen LogP contribution is 2.26. The van der Waals surface area contributed by atoms with E-state index in [0.717, 1.165) is 9.13 Å². The molecule has 2 aromatic carbocycles. The minimum atomic E-state index is -3.67. The lowest BCUT2D eigenvalue weighted by Gasteiger charge is -2.10. The molecule has 0 radical (unpaired) electrons. The Labute approximate surface area is 136 Å². The van der Waals surface area contributed by atoms with Crippen LogP contribution in [0.1, 0.15) is 5.56 Å². The highest BCUT2D eigenvalue weighted by molar-refractivity contribution is 14.1. The van der Waals surface area contributed by atoms with Crippen molar-refractivity contribution in [2.24, 2.45) is 5.73 Å². The number of anilines is 1. The molecule has 2 aromatic rings. The van der Waals surface area contributed by atoms with Crippen LogP contribution in [0.5, 0.6) is 0 Å². The van der Waals surface area contributed by atoms with E-state index in [0.29, 0.717) is 10.7 Å². The highest BCUT2D eigenvalue weighted by Gasteiger charge is 2.16. The molecule has 0 saturated heterocycles. The molecule has 0 fully saturated rings. The molecule has 0 aliphatic rings. The molecule has 0 aromatic heterocycles. The number of sulfonamides is 1. The van der Waals surface area contributed by atoms with Crippen LogP contribution < -0.4 is 10.5 Å². The van der Waals surface area contributed by atoms with Crippen molar-refractivity contribution in [3.8, 4) is 0 Å². The fourth-order valence-electron chi connectivity index (χ4n) is 1.62. The minimum absolute atomic E-state index is 0.162. The Morgan fingerprint density at radius 2 is 1.95 bits per heavy atom. The van der Waals surface area contributed by atoms with Gasteiger partial charge >= 0.3 is 0 Å². The largest absolute Gasteiger partial charge is 0.326 e. The number of hydrogen-bond acceptors (Lipinski definition) is 3. The third-order valence-corrected chi connectivity index (χ3v) is 4.97. The van der Waals surface area contributed by atoms with E-state index in [1.807, 2.05) is 0 Å². The Balaban J connectivity index is 2.35. The van der Waals surface area contributed by atoms with Gasteiger partial charge in [0.2, 0.25) is 0 Å². The van der Waals surface area contributed by atoms with E-state index in [-0.39, 0.29) is 11.4 Å². The monoisotopic (exact) mass is 422 g/mol. The molecule has 0 heterocycles. The van der Waals surface area contributed by atoms with Crippen LogP contribution in [0.3, 0.4) is 0 Å². The maximum Gasteiger partial charge on any atom is 0.261 e. The average Bonchev–Trinajstić information content (AvgIpc) is 2.42. The maximum absolute atomic E-state index is 12.3. The van der Waals surface area contributed by atoms with Gasteiger partial charge in [-0.3, -0.25) is 4.72 Å². The highest BCUT2D eigenvalue weighted by atomic mass is 127. The van der Waals surface area contributed by atoms with E-state index in [1.165, 1.54) is 6.07 Å². The van der Waals surface area contributed by atoms with Crippen LogP contribution in [0, 0.1) is 3.57 Å². The van der Waals surface area contributed by atoms with Crippen molar-refractivity contribution in [1.82, 2.24) is 0 Å². The minimum Gasteiger partial charge on any atom is -0.326 e. The summed E-state index contributed by atoms with van der Waals surface area (Å²) in [5, 5.41) is 0.357. The normalized spacial score (nSPS) is 11.3. The average molecular weight is 423 g/mol. The maximum atomic E-state index is 12.3. The second-order valence-electron chi connectivity index (χ2n) is 4.08. The summed E-state index contributed by atoms with van der Waals surface area (Å²) in [6.07, 6.45) is 0. The number of rotatable bonds is 4. The summed E-state index contributed by atoms with van der Waals surface area (Å²) in [4.78, 5) is 0.162. The van der Waals surface area contributed by atoms with Crippen LogP contribution >= 0.6 is 34.2 Å². The van der Waals surface area contributed by atoms with Crippen molar-refractivity contribution >= 4 is 49.9 Å². The van der Waals surface area contributed by atoms with Crippen molar-refractivity contribution < 1.29 is 8.42 Å². The molecule has 0 saturated carbocycles. The molecule has 4 nitrogen and oxygen atoms in total. The fourth-order valence-corrected chi connectivity index (χ4v) is 3.72. The van der Waals surface area contributed by atoms with Gasteiger partial charge in [0.15, 0.2) is 0 Å². The Kier molecular flexibility index (Phi) is 4.90. The predicted molar refractivity (Wildman–Crippen MR) is 89.3 cm³/mol. The lowest BCUT2D eigenvalue weighted by molar-refractivity contribution is 0.601. The summed E-state index contributed by atoms with van der Waals surface area (Å²) in [6.45, 7) is 0.285. The summed E-state index contributed by atoms with van der Waals surface area (Å²) in [5.41, 5.74) is 6.62. The molecule has 0 spiro atoms. The van der Waals surface area contributed by atoms with Gasteiger partial charge in [-0.15, -0.1) is 0 Å². The number of nitrogens with one attached hydrogen (secondary N) is 1. The first-order valence-corrected chi connectivity index (χ1v) is 8.63. The van der Waals surface area contributed by atoms with Gasteiger partial charge in [-0.25, -0.2) is 8.42 Å². The van der Waals surface area contributed by atoms with E-state index >= 15 is 0 Å². The molecule has 106 valence electrons. The van der Waals surface area contributed by atoms with E-state index in [4.69, 9.17) is 17.3 Å². The predicted octanol–water partition coefficient (Wildman–Crippen LogP) is 3.20. The first-order valence-electron chi connectivity index (χ1n) is 5.69. The smallest absolute Gasteiger partial charge is 0.261 e. The van der Waals surface area contributed by atoms with Crippen molar-refractivity contribution in [3.63, 3.8) is 0 Å². The van der Waals surface area contributed by atoms with E-state index < -0.39 is 10.0 Å². The first-order chi connectivity index (χ1) is 9.42. The Morgan fingerprint density at radius 3 is 2.60 bits per heavy atom. The molecule has 7 heteroatoms. The van der Waals surface area contributed by atoms with Crippen molar-refractivity contribution in [2.75, 3.05) is 4.72 Å².